The van der Waals surface area contributed by atoms with Crippen LogP contribution in [0, 0.1) is 51.2 Å². The Kier molecular flexibility index (Phi) is 5.31. The van der Waals surface area contributed by atoms with E-state index in [2.05, 4.69) is 20.8 Å². The lowest BCUT2D eigenvalue weighted by atomic mass is 9.46. The molecule has 7 fully saturated rings. The normalized spacial score (nSPS) is 52.6. The van der Waals surface area contributed by atoms with Crippen LogP contribution in [0.15, 0.2) is 0 Å². The molecule has 0 aromatic rings. The standard InChI is InChI=1S/C32H50O5.H2/c1-28(2)24-11-9-19-21-16-23-20(30(21,5)14-15-31(19)17-32(24,31)13-12-25(28)33)8-10-22(36-23)26(29(3,4)35)37-27(34)18-6-7-18;/h18-26,33,35H,6-17H2,1-5H3;1H/t19?,20?,21?,22?,23?,24?,25-,26-,30?,31-,32+;/m0./s1. The number of aliphatic hydroxyl groups excluding tert-OH is 1. The van der Waals surface area contributed by atoms with Gasteiger partial charge in [0.2, 0.25) is 0 Å². The smallest absolute Gasteiger partial charge is 0.309 e. The Balaban J connectivity index is 0.00000264. The quantitative estimate of drug-likeness (QED) is 0.456. The Hall–Kier alpha value is -0.650. The zero-order valence-corrected chi connectivity index (χ0v) is 23.8. The lowest BCUT2D eigenvalue weighted by Gasteiger charge is -2.59. The Labute approximate surface area is 224 Å². The van der Waals surface area contributed by atoms with E-state index in [1.165, 1.54) is 38.5 Å². The number of carbonyl (C=O) groups is 1. The van der Waals surface area contributed by atoms with Gasteiger partial charge in [0, 0.05) is 1.43 Å². The van der Waals surface area contributed by atoms with Gasteiger partial charge in [-0.2, -0.15) is 0 Å². The van der Waals surface area contributed by atoms with Crippen LogP contribution >= 0.6 is 0 Å². The van der Waals surface area contributed by atoms with Gasteiger partial charge < -0.3 is 19.7 Å². The summed E-state index contributed by atoms with van der Waals surface area (Å²) in [5.74, 6) is 2.62. The zero-order chi connectivity index (χ0) is 26.2. The molecule has 1 aliphatic heterocycles. The summed E-state index contributed by atoms with van der Waals surface area (Å²) < 4.78 is 12.8. The number of aliphatic hydroxyl groups is 2. The first-order valence-electron chi connectivity index (χ1n) is 15.6. The van der Waals surface area contributed by atoms with Crippen molar-refractivity contribution in [3.63, 3.8) is 0 Å². The maximum absolute atomic E-state index is 12.6. The second kappa shape index (κ2) is 7.75. The van der Waals surface area contributed by atoms with E-state index in [1.807, 2.05) is 0 Å². The summed E-state index contributed by atoms with van der Waals surface area (Å²) in [6.07, 6.45) is 13.1. The third-order valence-electron chi connectivity index (χ3n) is 13.8. The van der Waals surface area contributed by atoms with Gasteiger partial charge in [0.1, 0.15) is 0 Å². The van der Waals surface area contributed by atoms with Crippen molar-refractivity contribution in [2.45, 2.75) is 142 Å². The largest absolute Gasteiger partial charge is 0.456 e. The summed E-state index contributed by atoms with van der Waals surface area (Å²) in [6.45, 7) is 10.8. The zero-order valence-electron chi connectivity index (χ0n) is 23.8. The van der Waals surface area contributed by atoms with Gasteiger partial charge in [-0.25, -0.2) is 0 Å². The first kappa shape index (κ1) is 25.3. The van der Waals surface area contributed by atoms with Gasteiger partial charge in [-0.15, -0.1) is 0 Å². The average Bonchev–Trinajstić information content (AvgIpc) is 3.74. The van der Waals surface area contributed by atoms with Crippen LogP contribution in [-0.4, -0.2) is 46.2 Å². The molecule has 2 N–H and O–H groups in total. The van der Waals surface area contributed by atoms with Crippen LogP contribution in [0.5, 0.6) is 0 Å². The summed E-state index contributed by atoms with van der Waals surface area (Å²) in [4.78, 5) is 12.6. The van der Waals surface area contributed by atoms with Crippen molar-refractivity contribution >= 4 is 5.97 Å². The molecule has 37 heavy (non-hydrogen) atoms. The fraction of sp³-hybridized carbons (Fsp3) is 0.969. The molecule has 7 aliphatic rings. The van der Waals surface area contributed by atoms with Crippen molar-refractivity contribution in [2.24, 2.45) is 51.2 Å². The third-order valence-corrected chi connectivity index (χ3v) is 13.8. The van der Waals surface area contributed by atoms with E-state index in [0.717, 1.165) is 44.4 Å². The molecule has 210 valence electrons. The number of esters is 1. The second-order valence-corrected chi connectivity index (χ2v) is 16.1. The number of ether oxygens (including phenoxy) is 2. The lowest BCUT2D eigenvalue weighted by Crippen LogP contribution is -2.54. The van der Waals surface area contributed by atoms with Gasteiger partial charge in [-0.05, 0) is 136 Å². The van der Waals surface area contributed by atoms with Crippen molar-refractivity contribution in [3.8, 4) is 0 Å². The van der Waals surface area contributed by atoms with Crippen molar-refractivity contribution < 1.29 is 25.9 Å². The molecular formula is C32H52O5. The van der Waals surface area contributed by atoms with Crippen LogP contribution in [0.1, 0.15) is 113 Å². The van der Waals surface area contributed by atoms with Gasteiger partial charge in [0.25, 0.3) is 0 Å². The molecule has 11 atom stereocenters. The van der Waals surface area contributed by atoms with E-state index >= 15 is 0 Å². The lowest BCUT2D eigenvalue weighted by molar-refractivity contribution is -0.202. The molecular weight excluding hydrogens is 464 g/mol. The monoisotopic (exact) mass is 516 g/mol. The van der Waals surface area contributed by atoms with Gasteiger partial charge in [-0.3, -0.25) is 4.79 Å². The Morgan fingerprint density at radius 2 is 1.68 bits per heavy atom. The van der Waals surface area contributed by atoms with Crippen molar-refractivity contribution in [2.75, 3.05) is 0 Å². The molecule has 0 amide bonds. The first-order valence-corrected chi connectivity index (χ1v) is 15.6. The molecule has 0 radical (unpaired) electrons. The van der Waals surface area contributed by atoms with Crippen molar-refractivity contribution in [1.82, 2.24) is 0 Å². The number of fused-ring (bicyclic) bond motifs is 4. The maximum Gasteiger partial charge on any atom is 0.309 e. The van der Waals surface area contributed by atoms with Crippen LogP contribution in [-0.2, 0) is 14.3 Å². The van der Waals surface area contributed by atoms with Crippen LogP contribution in [0.25, 0.3) is 0 Å². The molecule has 5 nitrogen and oxygen atoms in total. The van der Waals surface area contributed by atoms with Gasteiger partial charge in [0.05, 0.1) is 29.8 Å². The van der Waals surface area contributed by atoms with Crippen molar-refractivity contribution in [1.29, 1.82) is 0 Å². The molecule has 0 bridgehead atoms. The number of hydrogen-bond donors (Lipinski definition) is 2. The molecule has 1 heterocycles. The van der Waals surface area contributed by atoms with E-state index < -0.39 is 11.7 Å². The van der Waals surface area contributed by atoms with Crippen LogP contribution in [0.2, 0.25) is 0 Å². The molecule has 0 aromatic heterocycles. The van der Waals surface area contributed by atoms with Crippen LogP contribution in [0.4, 0.5) is 0 Å². The first-order chi connectivity index (χ1) is 17.3. The van der Waals surface area contributed by atoms with E-state index in [-0.39, 0.29) is 37.0 Å². The summed E-state index contributed by atoms with van der Waals surface area (Å²) in [7, 11) is 0. The van der Waals surface area contributed by atoms with E-state index in [1.54, 1.807) is 13.8 Å². The predicted molar refractivity (Wildman–Crippen MR) is 143 cm³/mol. The minimum atomic E-state index is -1.11. The highest BCUT2D eigenvalue weighted by atomic mass is 16.6. The van der Waals surface area contributed by atoms with E-state index in [0.29, 0.717) is 34.0 Å². The summed E-state index contributed by atoms with van der Waals surface area (Å²) in [5, 5.41) is 21.9. The average molecular weight is 517 g/mol. The number of hydrogen-bond acceptors (Lipinski definition) is 5. The molecule has 0 aromatic carbocycles. The highest BCUT2D eigenvalue weighted by Gasteiger charge is 2.80. The molecule has 2 spiro atoms. The number of carbonyl (C=O) groups excluding carboxylic acids is 1. The number of rotatable bonds is 4. The van der Waals surface area contributed by atoms with Gasteiger partial charge >= 0.3 is 5.97 Å². The molecule has 7 rings (SSSR count). The van der Waals surface area contributed by atoms with Gasteiger partial charge in [0.15, 0.2) is 6.10 Å². The predicted octanol–water partition coefficient (Wildman–Crippen LogP) is 5.89. The topological polar surface area (TPSA) is 76.0 Å². The fourth-order valence-corrected chi connectivity index (χ4v) is 11.7. The summed E-state index contributed by atoms with van der Waals surface area (Å²) >= 11 is 0. The Bertz CT molecular complexity index is 971. The highest BCUT2D eigenvalue weighted by Crippen LogP contribution is 2.87. The van der Waals surface area contributed by atoms with Gasteiger partial charge in [-0.1, -0.05) is 20.8 Å². The molecule has 6 aliphatic carbocycles. The summed E-state index contributed by atoms with van der Waals surface area (Å²) in [5.41, 5.74) is 0.233. The minimum Gasteiger partial charge on any atom is -0.456 e. The molecule has 1 saturated heterocycles. The van der Waals surface area contributed by atoms with Crippen LogP contribution in [0.3, 0.4) is 0 Å². The van der Waals surface area contributed by atoms with E-state index in [4.69, 9.17) is 9.47 Å². The van der Waals surface area contributed by atoms with E-state index in [9.17, 15) is 15.0 Å². The Morgan fingerprint density at radius 3 is 2.38 bits per heavy atom. The van der Waals surface area contributed by atoms with Crippen LogP contribution < -0.4 is 0 Å². The third kappa shape index (κ3) is 3.35. The van der Waals surface area contributed by atoms with Crippen molar-refractivity contribution in [3.05, 3.63) is 0 Å². The molecule has 7 unspecified atom stereocenters. The SMILES string of the molecule is CC12CC[C@@]34C[C@@]35CC[C@H](O)C(C)(C)C5CCC4C1CC1OC([C@H](OC(=O)C3CC3)C(C)(C)O)CCC12.[HH]. The summed E-state index contributed by atoms with van der Waals surface area (Å²) in [6, 6.07) is 0. The Morgan fingerprint density at radius 1 is 0.946 bits per heavy atom. The molecule has 5 heteroatoms. The maximum atomic E-state index is 12.6. The second-order valence-electron chi connectivity index (χ2n) is 16.1. The fourth-order valence-electron chi connectivity index (χ4n) is 11.7. The minimum absolute atomic E-state index is 0. The highest BCUT2D eigenvalue weighted by molar-refractivity contribution is 5.75. The molecule has 6 saturated carbocycles.